The predicted molar refractivity (Wildman–Crippen MR) is 99.7 cm³/mol. The van der Waals surface area contributed by atoms with Gasteiger partial charge in [0.2, 0.25) is 5.91 Å². The zero-order valence-electron chi connectivity index (χ0n) is 15.0. The summed E-state index contributed by atoms with van der Waals surface area (Å²) < 4.78 is 11.0. The number of ether oxygens (including phenoxy) is 1. The van der Waals surface area contributed by atoms with E-state index in [0.29, 0.717) is 31.0 Å². The van der Waals surface area contributed by atoms with Crippen molar-refractivity contribution in [2.24, 2.45) is 0 Å². The number of aromatic nitrogens is 1. The molecule has 3 aromatic rings. The first kappa shape index (κ1) is 17.7. The number of oxazole rings is 1. The first-order chi connectivity index (χ1) is 12.7. The highest BCUT2D eigenvalue weighted by Crippen LogP contribution is 2.24. The van der Waals surface area contributed by atoms with Crippen molar-refractivity contribution in [2.45, 2.75) is 19.4 Å². The number of carbonyl (C=O) groups excluding carboxylic acids is 1. The standard InChI is InChI=1S/C21H22N2O3/c1-23(15-16-7-4-3-5-8-16)21(24)12-11-20-22-14-19(26-20)17-9-6-10-18(13-17)25-2/h3-10,13-14H,11-12,15H2,1-2H3. The molecule has 5 heteroatoms. The van der Waals surface area contributed by atoms with E-state index in [1.165, 1.54) is 0 Å². The first-order valence-corrected chi connectivity index (χ1v) is 8.52. The second-order valence-corrected chi connectivity index (χ2v) is 6.09. The van der Waals surface area contributed by atoms with E-state index in [1.807, 2.05) is 61.6 Å². The number of benzene rings is 2. The SMILES string of the molecule is COc1cccc(-c2cnc(CCC(=O)N(C)Cc3ccccc3)o2)c1. The Morgan fingerprint density at radius 2 is 1.96 bits per heavy atom. The lowest BCUT2D eigenvalue weighted by Gasteiger charge is -2.16. The number of nitrogens with zero attached hydrogens (tertiary/aromatic N) is 2. The molecule has 0 fully saturated rings. The third-order valence-corrected chi connectivity index (χ3v) is 4.15. The highest BCUT2D eigenvalue weighted by molar-refractivity contribution is 5.76. The summed E-state index contributed by atoms with van der Waals surface area (Å²) >= 11 is 0. The molecule has 0 aliphatic heterocycles. The molecule has 1 heterocycles. The molecule has 0 aliphatic carbocycles. The van der Waals surface area contributed by atoms with Crippen LogP contribution in [0.5, 0.6) is 5.75 Å². The number of amides is 1. The zero-order valence-corrected chi connectivity index (χ0v) is 15.0. The molecule has 0 unspecified atom stereocenters. The van der Waals surface area contributed by atoms with Crippen LogP contribution in [0.1, 0.15) is 17.9 Å². The van der Waals surface area contributed by atoms with Crippen LogP contribution in [-0.2, 0) is 17.8 Å². The van der Waals surface area contributed by atoms with Crippen molar-refractivity contribution < 1.29 is 13.9 Å². The van der Waals surface area contributed by atoms with Gasteiger partial charge in [0.15, 0.2) is 11.7 Å². The largest absolute Gasteiger partial charge is 0.497 e. The zero-order chi connectivity index (χ0) is 18.4. The van der Waals surface area contributed by atoms with Crippen molar-refractivity contribution in [2.75, 3.05) is 14.2 Å². The number of hydrogen-bond donors (Lipinski definition) is 0. The van der Waals surface area contributed by atoms with Gasteiger partial charge in [0.1, 0.15) is 5.75 Å². The van der Waals surface area contributed by atoms with E-state index in [0.717, 1.165) is 16.9 Å². The van der Waals surface area contributed by atoms with Crippen LogP contribution < -0.4 is 4.74 Å². The van der Waals surface area contributed by atoms with Gasteiger partial charge in [0.25, 0.3) is 0 Å². The monoisotopic (exact) mass is 350 g/mol. The number of methoxy groups -OCH3 is 1. The molecular formula is C21H22N2O3. The normalized spacial score (nSPS) is 10.5. The molecular weight excluding hydrogens is 328 g/mol. The summed E-state index contributed by atoms with van der Waals surface area (Å²) in [6, 6.07) is 17.5. The summed E-state index contributed by atoms with van der Waals surface area (Å²) in [6.07, 6.45) is 2.52. The first-order valence-electron chi connectivity index (χ1n) is 8.52. The number of hydrogen-bond acceptors (Lipinski definition) is 4. The van der Waals surface area contributed by atoms with E-state index < -0.39 is 0 Å². The number of rotatable bonds is 7. The molecule has 1 aromatic heterocycles. The topological polar surface area (TPSA) is 55.6 Å². The molecule has 3 rings (SSSR count). The molecule has 5 nitrogen and oxygen atoms in total. The summed E-state index contributed by atoms with van der Waals surface area (Å²) in [5.74, 6) is 2.06. The maximum absolute atomic E-state index is 12.3. The molecule has 0 saturated carbocycles. The highest BCUT2D eigenvalue weighted by atomic mass is 16.5. The Bertz CT molecular complexity index is 858. The molecule has 0 bridgehead atoms. The molecule has 0 spiro atoms. The van der Waals surface area contributed by atoms with Crippen molar-refractivity contribution in [3.8, 4) is 17.1 Å². The third-order valence-electron chi connectivity index (χ3n) is 4.15. The van der Waals surface area contributed by atoms with Gasteiger partial charge < -0.3 is 14.1 Å². The Balaban J connectivity index is 1.56. The Hall–Kier alpha value is -3.08. The van der Waals surface area contributed by atoms with Crippen molar-refractivity contribution in [1.29, 1.82) is 0 Å². The highest BCUT2D eigenvalue weighted by Gasteiger charge is 2.13. The Labute approximate surface area is 153 Å². The van der Waals surface area contributed by atoms with E-state index in [2.05, 4.69) is 4.98 Å². The fourth-order valence-electron chi connectivity index (χ4n) is 2.69. The third kappa shape index (κ3) is 4.51. The van der Waals surface area contributed by atoms with E-state index >= 15 is 0 Å². The Morgan fingerprint density at radius 1 is 1.15 bits per heavy atom. The van der Waals surface area contributed by atoms with Gasteiger partial charge in [-0.2, -0.15) is 0 Å². The molecule has 0 atom stereocenters. The molecule has 2 aromatic carbocycles. The van der Waals surface area contributed by atoms with Crippen LogP contribution >= 0.6 is 0 Å². The predicted octanol–water partition coefficient (Wildman–Crippen LogP) is 3.94. The van der Waals surface area contributed by atoms with Crippen LogP contribution in [0, 0.1) is 0 Å². The smallest absolute Gasteiger partial charge is 0.223 e. The molecule has 1 amide bonds. The van der Waals surface area contributed by atoms with Crippen LogP contribution in [0.2, 0.25) is 0 Å². The van der Waals surface area contributed by atoms with Gasteiger partial charge in [-0.25, -0.2) is 4.98 Å². The minimum Gasteiger partial charge on any atom is -0.497 e. The number of aryl methyl sites for hydroxylation is 1. The molecule has 0 saturated heterocycles. The maximum atomic E-state index is 12.3. The maximum Gasteiger partial charge on any atom is 0.223 e. The summed E-state index contributed by atoms with van der Waals surface area (Å²) in [5.41, 5.74) is 2.01. The Kier molecular flexibility index (Phi) is 5.69. The van der Waals surface area contributed by atoms with E-state index in [4.69, 9.17) is 9.15 Å². The summed E-state index contributed by atoms with van der Waals surface area (Å²) in [7, 11) is 3.44. The molecule has 0 radical (unpaired) electrons. The van der Waals surface area contributed by atoms with Crippen molar-refractivity contribution in [3.05, 3.63) is 72.2 Å². The fourth-order valence-corrected chi connectivity index (χ4v) is 2.69. The van der Waals surface area contributed by atoms with Crippen molar-refractivity contribution in [1.82, 2.24) is 9.88 Å². The lowest BCUT2D eigenvalue weighted by atomic mass is 10.2. The van der Waals surface area contributed by atoms with Gasteiger partial charge in [0.05, 0.1) is 13.3 Å². The summed E-state index contributed by atoms with van der Waals surface area (Å²) in [4.78, 5) is 18.3. The van der Waals surface area contributed by atoms with Gasteiger partial charge in [-0.3, -0.25) is 4.79 Å². The van der Waals surface area contributed by atoms with Crippen LogP contribution in [0.3, 0.4) is 0 Å². The fraction of sp³-hybridized carbons (Fsp3) is 0.238. The van der Waals surface area contributed by atoms with Crippen LogP contribution in [-0.4, -0.2) is 29.9 Å². The van der Waals surface area contributed by atoms with E-state index in [-0.39, 0.29) is 5.91 Å². The van der Waals surface area contributed by atoms with E-state index in [1.54, 1.807) is 18.2 Å². The van der Waals surface area contributed by atoms with Gasteiger partial charge in [0, 0.05) is 32.0 Å². The number of carbonyl (C=O) groups is 1. The summed E-state index contributed by atoms with van der Waals surface area (Å²) in [6.45, 7) is 0.598. The van der Waals surface area contributed by atoms with Crippen LogP contribution in [0.25, 0.3) is 11.3 Å². The van der Waals surface area contributed by atoms with Crippen LogP contribution in [0.4, 0.5) is 0 Å². The van der Waals surface area contributed by atoms with Gasteiger partial charge in [-0.05, 0) is 17.7 Å². The lowest BCUT2D eigenvalue weighted by molar-refractivity contribution is -0.130. The Morgan fingerprint density at radius 3 is 2.73 bits per heavy atom. The molecule has 134 valence electrons. The van der Waals surface area contributed by atoms with Crippen LogP contribution in [0.15, 0.2) is 65.2 Å². The minimum absolute atomic E-state index is 0.0648. The lowest BCUT2D eigenvalue weighted by Crippen LogP contribution is -2.26. The average Bonchev–Trinajstić information content (AvgIpc) is 3.16. The molecule has 26 heavy (non-hydrogen) atoms. The molecule has 0 aliphatic rings. The summed E-state index contributed by atoms with van der Waals surface area (Å²) in [5, 5.41) is 0. The second kappa shape index (κ2) is 8.34. The second-order valence-electron chi connectivity index (χ2n) is 6.09. The molecule has 0 N–H and O–H groups in total. The van der Waals surface area contributed by atoms with Crippen molar-refractivity contribution in [3.63, 3.8) is 0 Å². The van der Waals surface area contributed by atoms with Gasteiger partial charge in [-0.1, -0.05) is 42.5 Å². The quantitative estimate of drug-likeness (QED) is 0.648. The van der Waals surface area contributed by atoms with Gasteiger partial charge in [-0.15, -0.1) is 0 Å². The van der Waals surface area contributed by atoms with Gasteiger partial charge >= 0.3 is 0 Å². The van der Waals surface area contributed by atoms with Crippen molar-refractivity contribution >= 4 is 5.91 Å². The minimum atomic E-state index is 0.0648. The average molecular weight is 350 g/mol. The van der Waals surface area contributed by atoms with E-state index in [9.17, 15) is 4.79 Å².